The second kappa shape index (κ2) is 5.81. The zero-order valence-electron chi connectivity index (χ0n) is 10.6. The van der Waals surface area contributed by atoms with Crippen LogP contribution >= 0.6 is 11.3 Å². The summed E-state index contributed by atoms with van der Waals surface area (Å²) in [7, 11) is 0. The summed E-state index contributed by atoms with van der Waals surface area (Å²) in [5, 5.41) is 14.8. The number of carboxylic acids is 1. The van der Waals surface area contributed by atoms with Crippen molar-refractivity contribution < 1.29 is 14.7 Å². The van der Waals surface area contributed by atoms with Gasteiger partial charge in [-0.05, 0) is 20.8 Å². The number of carboxylic acid groups (broad SMARTS) is 1. The minimum Gasteiger partial charge on any atom is -0.481 e. The third-order valence-corrected chi connectivity index (χ3v) is 3.03. The van der Waals surface area contributed by atoms with E-state index in [1.807, 2.05) is 6.92 Å². The van der Waals surface area contributed by atoms with E-state index in [1.54, 1.807) is 20.0 Å². The molecule has 1 aromatic heterocycles. The number of hydrogen-bond acceptors (Lipinski definition) is 4. The summed E-state index contributed by atoms with van der Waals surface area (Å²) in [6, 6.07) is -0.394. The summed E-state index contributed by atoms with van der Waals surface area (Å²) >= 11 is 1.51. The number of rotatable bonds is 5. The first-order valence-corrected chi connectivity index (χ1v) is 6.29. The lowest BCUT2D eigenvalue weighted by Gasteiger charge is -2.24. The Morgan fingerprint density at radius 3 is 2.67 bits per heavy atom. The van der Waals surface area contributed by atoms with Crippen LogP contribution in [0.15, 0.2) is 6.20 Å². The minimum atomic E-state index is -0.948. The van der Waals surface area contributed by atoms with Crippen molar-refractivity contribution in [1.29, 1.82) is 0 Å². The van der Waals surface area contributed by atoms with Gasteiger partial charge in [-0.25, -0.2) is 9.78 Å². The third-order valence-electron chi connectivity index (χ3n) is 2.11. The van der Waals surface area contributed by atoms with Crippen LogP contribution in [0.3, 0.4) is 0 Å². The average molecular weight is 271 g/mol. The Kier molecular flexibility index (Phi) is 4.66. The molecular formula is C11H17N3O3S. The van der Waals surface area contributed by atoms with Crippen LogP contribution in [0.25, 0.3) is 0 Å². The molecule has 1 rings (SSSR count). The molecule has 1 aromatic rings. The number of amides is 2. The van der Waals surface area contributed by atoms with Gasteiger partial charge >= 0.3 is 12.0 Å². The number of nitrogens with one attached hydrogen (secondary N) is 2. The number of nitrogens with zero attached hydrogens (tertiary/aromatic N) is 1. The topological polar surface area (TPSA) is 91.3 Å². The van der Waals surface area contributed by atoms with Gasteiger partial charge in [-0.2, -0.15) is 0 Å². The molecule has 7 heteroatoms. The Balaban J connectivity index is 2.39. The lowest BCUT2D eigenvalue weighted by atomic mass is 10.0. The molecule has 0 aliphatic rings. The highest BCUT2D eigenvalue weighted by molar-refractivity contribution is 7.11. The van der Waals surface area contributed by atoms with E-state index in [9.17, 15) is 9.59 Å². The van der Waals surface area contributed by atoms with Crippen molar-refractivity contribution in [3.05, 3.63) is 16.1 Å². The summed E-state index contributed by atoms with van der Waals surface area (Å²) < 4.78 is 0. The van der Waals surface area contributed by atoms with Crippen LogP contribution in [0, 0.1) is 6.92 Å². The van der Waals surface area contributed by atoms with E-state index in [0.717, 1.165) is 9.88 Å². The van der Waals surface area contributed by atoms with Gasteiger partial charge in [0.2, 0.25) is 0 Å². The van der Waals surface area contributed by atoms with Crippen molar-refractivity contribution in [1.82, 2.24) is 15.6 Å². The molecule has 0 aliphatic carbocycles. The van der Waals surface area contributed by atoms with Crippen LogP contribution in [-0.4, -0.2) is 27.6 Å². The van der Waals surface area contributed by atoms with Gasteiger partial charge in [-0.3, -0.25) is 4.79 Å². The predicted molar refractivity (Wildman–Crippen MR) is 68.6 cm³/mol. The zero-order valence-corrected chi connectivity index (χ0v) is 11.4. The molecule has 0 spiro atoms. The monoisotopic (exact) mass is 271 g/mol. The predicted octanol–water partition coefficient (Wildman–Crippen LogP) is 1.50. The Labute approximate surface area is 109 Å². The molecule has 18 heavy (non-hydrogen) atoms. The van der Waals surface area contributed by atoms with Crippen LogP contribution in [0.2, 0.25) is 0 Å². The first kappa shape index (κ1) is 14.4. The first-order chi connectivity index (χ1) is 8.28. The molecule has 2 amide bonds. The molecule has 0 saturated carbocycles. The second-order valence-electron chi connectivity index (χ2n) is 4.63. The van der Waals surface area contributed by atoms with Gasteiger partial charge in [0.15, 0.2) is 0 Å². The van der Waals surface area contributed by atoms with E-state index in [4.69, 9.17) is 5.11 Å². The molecule has 3 N–H and O–H groups in total. The minimum absolute atomic E-state index is 0.128. The average Bonchev–Trinajstić information content (AvgIpc) is 2.58. The molecule has 6 nitrogen and oxygen atoms in total. The van der Waals surface area contributed by atoms with Crippen LogP contribution < -0.4 is 10.6 Å². The van der Waals surface area contributed by atoms with Gasteiger partial charge < -0.3 is 15.7 Å². The summed E-state index contributed by atoms with van der Waals surface area (Å²) in [6.45, 7) is 5.60. The molecule has 0 aromatic carbocycles. The molecular weight excluding hydrogens is 254 g/mol. The highest BCUT2D eigenvalue weighted by Gasteiger charge is 2.23. The first-order valence-electron chi connectivity index (χ1n) is 5.47. The van der Waals surface area contributed by atoms with E-state index in [-0.39, 0.29) is 6.42 Å². The Hall–Kier alpha value is -1.63. The van der Waals surface area contributed by atoms with Crippen molar-refractivity contribution in [3.63, 3.8) is 0 Å². The molecule has 0 radical (unpaired) electrons. The number of aliphatic carboxylic acids is 1. The van der Waals surface area contributed by atoms with Gasteiger partial charge in [-0.1, -0.05) is 0 Å². The Bertz CT molecular complexity index is 442. The van der Waals surface area contributed by atoms with E-state index in [2.05, 4.69) is 15.6 Å². The van der Waals surface area contributed by atoms with E-state index in [1.165, 1.54) is 11.3 Å². The van der Waals surface area contributed by atoms with Gasteiger partial charge in [-0.15, -0.1) is 11.3 Å². The van der Waals surface area contributed by atoms with Crippen molar-refractivity contribution >= 4 is 23.3 Å². The van der Waals surface area contributed by atoms with Gasteiger partial charge in [0.1, 0.15) is 5.01 Å². The standard InChI is InChI=1S/C11H17N3O3S/c1-7-5-12-8(18-7)6-13-10(17)14-11(2,3)4-9(15)16/h5H,4,6H2,1-3H3,(H,15,16)(H2,13,14,17). The van der Waals surface area contributed by atoms with Crippen molar-refractivity contribution in [2.45, 2.75) is 39.3 Å². The van der Waals surface area contributed by atoms with Crippen LogP contribution in [-0.2, 0) is 11.3 Å². The SMILES string of the molecule is Cc1cnc(CNC(=O)NC(C)(C)CC(=O)O)s1. The lowest BCUT2D eigenvalue weighted by Crippen LogP contribution is -2.49. The zero-order chi connectivity index (χ0) is 13.8. The quantitative estimate of drug-likeness (QED) is 0.757. The highest BCUT2D eigenvalue weighted by Crippen LogP contribution is 2.11. The summed E-state index contributed by atoms with van der Waals surface area (Å²) in [5.74, 6) is -0.948. The lowest BCUT2D eigenvalue weighted by molar-refractivity contribution is -0.138. The van der Waals surface area contributed by atoms with E-state index < -0.39 is 17.5 Å². The van der Waals surface area contributed by atoms with Gasteiger partial charge in [0.05, 0.1) is 13.0 Å². The number of aromatic nitrogens is 1. The van der Waals surface area contributed by atoms with E-state index >= 15 is 0 Å². The molecule has 100 valence electrons. The smallest absolute Gasteiger partial charge is 0.315 e. The number of thiazole rings is 1. The maximum absolute atomic E-state index is 11.6. The summed E-state index contributed by atoms with van der Waals surface area (Å²) in [5.41, 5.74) is -0.783. The number of aryl methyl sites for hydroxylation is 1. The van der Waals surface area contributed by atoms with E-state index in [0.29, 0.717) is 6.54 Å². The normalized spacial score (nSPS) is 11.1. The number of hydrogen-bond donors (Lipinski definition) is 3. The summed E-state index contributed by atoms with van der Waals surface area (Å²) in [4.78, 5) is 27.4. The molecule has 0 fully saturated rings. The molecule has 0 aliphatic heterocycles. The maximum Gasteiger partial charge on any atom is 0.315 e. The number of carbonyl (C=O) groups excluding carboxylic acids is 1. The van der Waals surface area contributed by atoms with Gasteiger partial charge in [0, 0.05) is 16.6 Å². The van der Waals surface area contributed by atoms with Crippen LogP contribution in [0.4, 0.5) is 4.79 Å². The Morgan fingerprint density at radius 1 is 1.50 bits per heavy atom. The number of urea groups is 1. The fourth-order valence-corrected chi connectivity index (χ4v) is 2.14. The third kappa shape index (κ3) is 5.13. The fourth-order valence-electron chi connectivity index (χ4n) is 1.41. The van der Waals surface area contributed by atoms with Crippen molar-refractivity contribution in [2.75, 3.05) is 0 Å². The number of carbonyl (C=O) groups is 2. The van der Waals surface area contributed by atoms with Crippen molar-refractivity contribution in [3.8, 4) is 0 Å². The molecule has 1 heterocycles. The molecule has 0 saturated heterocycles. The van der Waals surface area contributed by atoms with Crippen molar-refractivity contribution in [2.24, 2.45) is 0 Å². The van der Waals surface area contributed by atoms with Crippen LogP contribution in [0.5, 0.6) is 0 Å². The molecule has 0 unspecified atom stereocenters. The fraction of sp³-hybridized carbons (Fsp3) is 0.545. The maximum atomic E-state index is 11.6. The largest absolute Gasteiger partial charge is 0.481 e. The molecule has 0 bridgehead atoms. The highest BCUT2D eigenvalue weighted by atomic mass is 32.1. The second-order valence-corrected chi connectivity index (χ2v) is 5.95. The Morgan fingerprint density at radius 2 is 2.17 bits per heavy atom. The van der Waals surface area contributed by atoms with Crippen LogP contribution in [0.1, 0.15) is 30.2 Å². The molecule has 0 atom stereocenters. The summed E-state index contributed by atoms with van der Waals surface area (Å²) in [6.07, 6.45) is 1.62. The van der Waals surface area contributed by atoms with Gasteiger partial charge in [0.25, 0.3) is 0 Å².